The monoisotopic (exact) mass is 337 g/mol. The van der Waals surface area contributed by atoms with Crippen LogP contribution >= 0.6 is 15.9 Å². The Kier molecular flexibility index (Phi) is 4.09. The van der Waals surface area contributed by atoms with Crippen molar-refractivity contribution in [3.8, 4) is 5.75 Å². The Morgan fingerprint density at radius 1 is 1.40 bits per heavy atom. The van der Waals surface area contributed by atoms with Gasteiger partial charge in [-0.25, -0.2) is 9.78 Å². The SMILES string of the molecule is COc1cc(Br)cc(Nc2ncc(C(=O)O)cc2N)c1. The Hall–Kier alpha value is -2.28. The largest absolute Gasteiger partial charge is 0.497 e. The van der Waals surface area contributed by atoms with Gasteiger partial charge in [0, 0.05) is 22.4 Å². The number of hydrogen-bond acceptors (Lipinski definition) is 5. The number of anilines is 3. The first kappa shape index (κ1) is 14.1. The molecule has 0 aliphatic carbocycles. The maximum Gasteiger partial charge on any atom is 0.337 e. The number of pyridine rings is 1. The number of aromatic nitrogens is 1. The van der Waals surface area contributed by atoms with Gasteiger partial charge in [-0.1, -0.05) is 15.9 Å². The summed E-state index contributed by atoms with van der Waals surface area (Å²) in [6.07, 6.45) is 1.25. The Morgan fingerprint density at radius 3 is 2.75 bits per heavy atom. The van der Waals surface area contributed by atoms with Gasteiger partial charge in [-0.3, -0.25) is 0 Å². The molecule has 0 aliphatic heterocycles. The lowest BCUT2D eigenvalue weighted by atomic mass is 10.2. The second-order valence-electron chi connectivity index (χ2n) is 3.97. The number of nitrogens with zero attached hydrogens (tertiary/aromatic N) is 1. The third-order valence-corrected chi connectivity index (χ3v) is 2.99. The minimum atomic E-state index is -1.07. The summed E-state index contributed by atoms with van der Waals surface area (Å²) in [5, 5.41) is 11.9. The molecule has 20 heavy (non-hydrogen) atoms. The van der Waals surface area contributed by atoms with E-state index in [0.717, 1.165) is 10.2 Å². The van der Waals surface area contributed by atoms with E-state index in [-0.39, 0.29) is 11.3 Å². The van der Waals surface area contributed by atoms with Gasteiger partial charge < -0.3 is 20.9 Å². The van der Waals surface area contributed by atoms with E-state index < -0.39 is 5.97 Å². The zero-order valence-corrected chi connectivity index (χ0v) is 12.1. The topological polar surface area (TPSA) is 97.5 Å². The van der Waals surface area contributed by atoms with Gasteiger partial charge in [0.1, 0.15) is 5.75 Å². The Bertz CT molecular complexity index is 661. The molecule has 2 aromatic rings. The summed E-state index contributed by atoms with van der Waals surface area (Å²) in [4.78, 5) is 14.8. The summed E-state index contributed by atoms with van der Waals surface area (Å²) in [7, 11) is 1.57. The van der Waals surface area contributed by atoms with Gasteiger partial charge >= 0.3 is 5.97 Å². The number of benzene rings is 1. The van der Waals surface area contributed by atoms with Gasteiger partial charge in [-0.2, -0.15) is 0 Å². The number of carboxylic acids is 1. The van der Waals surface area contributed by atoms with Gasteiger partial charge in [0.15, 0.2) is 5.82 Å². The van der Waals surface area contributed by atoms with Gasteiger partial charge in [-0.15, -0.1) is 0 Å². The van der Waals surface area contributed by atoms with E-state index in [1.807, 2.05) is 12.1 Å². The van der Waals surface area contributed by atoms with E-state index in [0.29, 0.717) is 11.6 Å². The molecule has 7 heteroatoms. The molecule has 0 saturated heterocycles. The molecule has 0 unspecified atom stereocenters. The highest BCUT2D eigenvalue weighted by atomic mass is 79.9. The smallest absolute Gasteiger partial charge is 0.337 e. The third kappa shape index (κ3) is 3.18. The summed E-state index contributed by atoms with van der Waals surface area (Å²) in [6.45, 7) is 0. The van der Waals surface area contributed by atoms with Gasteiger partial charge in [-0.05, 0) is 18.2 Å². The number of nitrogens with two attached hydrogens (primary N) is 1. The van der Waals surface area contributed by atoms with Crippen LogP contribution in [0.3, 0.4) is 0 Å². The first-order valence-corrected chi connectivity index (χ1v) is 6.39. The van der Waals surface area contributed by atoms with E-state index in [4.69, 9.17) is 15.6 Å². The van der Waals surface area contributed by atoms with Gasteiger partial charge in [0.25, 0.3) is 0 Å². The van der Waals surface area contributed by atoms with Crippen molar-refractivity contribution < 1.29 is 14.6 Å². The molecule has 104 valence electrons. The first-order valence-electron chi connectivity index (χ1n) is 5.60. The van der Waals surface area contributed by atoms with E-state index in [2.05, 4.69) is 26.2 Å². The van der Waals surface area contributed by atoms with Crippen LogP contribution < -0.4 is 15.8 Å². The van der Waals surface area contributed by atoms with E-state index in [9.17, 15) is 4.79 Å². The molecule has 0 radical (unpaired) electrons. The van der Waals surface area contributed by atoms with Gasteiger partial charge in [0.05, 0.1) is 18.4 Å². The lowest BCUT2D eigenvalue weighted by Gasteiger charge is -2.10. The Labute approximate surface area is 123 Å². The van der Waals surface area contributed by atoms with Crippen LogP contribution in [0.15, 0.2) is 34.9 Å². The lowest BCUT2D eigenvalue weighted by molar-refractivity contribution is 0.0696. The normalized spacial score (nSPS) is 10.1. The number of halogens is 1. The zero-order chi connectivity index (χ0) is 14.7. The van der Waals surface area contributed by atoms with Crippen molar-refractivity contribution in [2.45, 2.75) is 0 Å². The highest BCUT2D eigenvalue weighted by Crippen LogP contribution is 2.28. The Balaban J connectivity index is 2.30. The molecule has 6 nitrogen and oxygen atoms in total. The maximum absolute atomic E-state index is 10.8. The fourth-order valence-electron chi connectivity index (χ4n) is 1.59. The van der Waals surface area contributed by atoms with Crippen LogP contribution in [-0.2, 0) is 0 Å². The Morgan fingerprint density at radius 2 is 2.15 bits per heavy atom. The number of carbonyl (C=O) groups is 1. The average molecular weight is 338 g/mol. The van der Waals surface area contributed by atoms with Crippen LogP contribution in [0.25, 0.3) is 0 Å². The van der Waals surface area contributed by atoms with Gasteiger partial charge in [0.2, 0.25) is 0 Å². The molecule has 1 aromatic carbocycles. The quantitative estimate of drug-likeness (QED) is 0.793. The molecule has 0 bridgehead atoms. The van der Waals surface area contributed by atoms with Crippen molar-refractivity contribution in [3.05, 3.63) is 40.5 Å². The molecule has 0 aliphatic rings. The zero-order valence-electron chi connectivity index (χ0n) is 10.6. The van der Waals surface area contributed by atoms with E-state index >= 15 is 0 Å². The molecule has 0 fully saturated rings. The number of methoxy groups -OCH3 is 1. The molecular weight excluding hydrogens is 326 g/mol. The minimum Gasteiger partial charge on any atom is -0.497 e. The summed E-state index contributed by atoms with van der Waals surface area (Å²) in [5.41, 5.74) is 6.80. The second-order valence-corrected chi connectivity index (χ2v) is 4.89. The molecular formula is C13H12BrN3O3. The maximum atomic E-state index is 10.8. The van der Waals surface area contributed by atoms with Crippen molar-refractivity contribution in [3.63, 3.8) is 0 Å². The average Bonchev–Trinajstić information content (AvgIpc) is 2.40. The number of nitrogens with one attached hydrogen (secondary N) is 1. The van der Waals surface area contributed by atoms with Crippen molar-refractivity contribution >= 4 is 39.1 Å². The standard InChI is InChI=1S/C13H12BrN3O3/c1-20-10-4-8(14)3-9(5-10)17-12-11(15)2-7(6-16-12)13(18)19/h2-6H,15H2,1H3,(H,16,17)(H,18,19). The molecule has 1 aromatic heterocycles. The third-order valence-electron chi connectivity index (χ3n) is 2.53. The first-order chi connectivity index (χ1) is 9.49. The highest BCUT2D eigenvalue weighted by molar-refractivity contribution is 9.10. The molecule has 0 atom stereocenters. The number of hydrogen-bond donors (Lipinski definition) is 3. The molecule has 4 N–H and O–H groups in total. The van der Waals surface area contributed by atoms with Crippen LogP contribution in [0.4, 0.5) is 17.2 Å². The molecule has 0 amide bonds. The van der Waals surface area contributed by atoms with Crippen LogP contribution in [0, 0.1) is 0 Å². The van der Waals surface area contributed by atoms with E-state index in [1.165, 1.54) is 12.3 Å². The van der Waals surface area contributed by atoms with Crippen LogP contribution in [0.2, 0.25) is 0 Å². The number of ether oxygens (including phenoxy) is 1. The van der Waals surface area contributed by atoms with Crippen molar-refractivity contribution in [2.75, 3.05) is 18.2 Å². The van der Waals surface area contributed by atoms with E-state index in [1.54, 1.807) is 13.2 Å². The van der Waals surface area contributed by atoms with Crippen molar-refractivity contribution in [1.29, 1.82) is 0 Å². The fraction of sp³-hybridized carbons (Fsp3) is 0.0769. The minimum absolute atomic E-state index is 0.0415. The summed E-state index contributed by atoms with van der Waals surface area (Å²) < 4.78 is 5.99. The van der Waals surface area contributed by atoms with Crippen molar-refractivity contribution in [2.24, 2.45) is 0 Å². The molecule has 0 saturated carbocycles. The summed E-state index contributed by atoms with van der Waals surface area (Å²) >= 11 is 3.37. The number of carboxylic acid groups (broad SMARTS) is 1. The van der Waals surface area contributed by atoms with Crippen LogP contribution in [-0.4, -0.2) is 23.2 Å². The lowest BCUT2D eigenvalue weighted by Crippen LogP contribution is -2.04. The number of rotatable bonds is 4. The molecule has 1 heterocycles. The van der Waals surface area contributed by atoms with Crippen molar-refractivity contribution in [1.82, 2.24) is 4.98 Å². The number of nitrogen functional groups attached to an aromatic ring is 1. The summed E-state index contributed by atoms with van der Waals surface area (Å²) in [6, 6.07) is 6.77. The predicted molar refractivity (Wildman–Crippen MR) is 79.6 cm³/mol. The molecule has 0 spiro atoms. The second kappa shape index (κ2) is 5.79. The molecule has 2 rings (SSSR count). The van der Waals surface area contributed by atoms with Crippen LogP contribution in [0.1, 0.15) is 10.4 Å². The van der Waals surface area contributed by atoms with Crippen LogP contribution in [0.5, 0.6) is 5.75 Å². The highest BCUT2D eigenvalue weighted by Gasteiger charge is 2.08. The predicted octanol–water partition coefficient (Wildman–Crippen LogP) is 2.88. The fourth-order valence-corrected chi connectivity index (χ4v) is 2.06. The summed E-state index contributed by atoms with van der Waals surface area (Å²) in [5.74, 6) is -0.0161. The number of aromatic carboxylic acids is 1.